The highest BCUT2D eigenvalue weighted by Gasteiger charge is 2.13. The Morgan fingerprint density at radius 3 is 3.00 bits per heavy atom. The number of carbonyl (C=O) groups excluding carboxylic acids is 1. The van der Waals surface area contributed by atoms with Gasteiger partial charge < -0.3 is 10.1 Å². The average molecular weight is 291 g/mol. The van der Waals surface area contributed by atoms with Crippen LogP contribution >= 0.6 is 24.0 Å². The molecule has 19 heavy (non-hydrogen) atoms. The summed E-state index contributed by atoms with van der Waals surface area (Å²) in [6.07, 6.45) is 0.952. The molecule has 0 amide bonds. The maximum absolute atomic E-state index is 11.2. The highest BCUT2D eigenvalue weighted by Crippen LogP contribution is 2.33. The highest BCUT2D eigenvalue weighted by atomic mass is 32.1. The number of thiol groups is 1. The monoisotopic (exact) mass is 291 g/mol. The van der Waals surface area contributed by atoms with Crippen LogP contribution in [0.5, 0.6) is 5.75 Å². The largest absolute Gasteiger partial charge is 0.493 e. The van der Waals surface area contributed by atoms with E-state index < -0.39 is 0 Å². The second kappa shape index (κ2) is 4.90. The molecule has 0 radical (unpaired) electrons. The van der Waals surface area contributed by atoms with Gasteiger partial charge in [0, 0.05) is 17.0 Å². The van der Waals surface area contributed by atoms with Crippen molar-refractivity contribution >= 4 is 40.5 Å². The van der Waals surface area contributed by atoms with E-state index in [-0.39, 0.29) is 5.12 Å². The molecule has 1 aliphatic heterocycles. The van der Waals surface area contributed by atoms with Crippen molar-refractivity contribution in [1.82, 2.24) is 0 Å². The Balaban J connectivity index is 1.87. The van der Waals surface area contributed by atoms with E-state index in [1.807, 2.05) is 25.1 Å². The van der Waals surface area contributed by atoms with E-state index >= 15 is 0 Å². The van der Waals surface area contributed by atoms with Crippen LogP contribution in [-0.4, -0.2) is 11.7 Å². The third-order valence-corrected chi connectivity index (χ3v) is 4.54. The van der Waals surface area contributed by atoms with E-state index in [0.29, 0.717) is 4.88 Å². The quantitative estimate of drug-likeness (QED) is 0.845. The number of fused-ring (bicyclic) bond motifs is 1. The molecule has 2 aromatic rings. The molecule has 0 unspecified atom stereocenters. The van der Waals surface area contributed by atoms with Crippen molar-refractivity contribution in [2.75, 3.05) is 11.9 Å². The summed E-state index contributed by atoms with van der Waals surface area (Å²) in [6, 6.07) is 7.92. The van der Waals surface area contributed by atoms with E-state index in [2.05, 4.69) is 24.0 Å². The molecule has 98 valence electrons. The molecule has 0 saturated heterocycles. The molecule has 3 rings (SSSR count). The maximum Gasteiger partial charge on any atom is 0.226 e. The van der Waals surface area contributed by atoms with Crippen molar-refractivity contribution in [2.45, 2.75) is 13.3 Å². The van der Waals surface area contributed by atoms with Gasteiger partial charge in [-0.15, -0.1) is 11.3 Å². The number of anilines is 2. The molecule has 3 nitrogen and oxygen atoms in total. The van der Waals surface area contributed by atoms with Crippen LogP contribution in [0.3, 0.4) is 0 Å². The van der Waals surface area contributed by atoms with Gasteiger partial charge in [-0.25, -0.2) is 0 Å². The first-order valence-electron chi connectivity index (χ1n) is 6.00. The molecule has 0 spiro atoms. The fourth-order valence-electron chi connectivity index (χ4n) is 2.13. The lowest BCUT2D eigenvalue weighted by atomic mass is 10.1. The zero-order valence-electron chi connectivity index (χ0n) is 10.4. The van der Waals surface area contributed by atoms with Gasteiger partial charge in [0.1, 0.15) is 5.75 Å². The lowest BCUT2D eigenvalue weighted by Crippen LogP contribution is -1.91. The van der Waals surface area contributed by atoms with Crippen LogP contribution in [0, 0.1) is 6.92 Å². The van der Waals surface area contributed by atoms with Gasteiger partial charge in [0.2, 0.25) is 5.12 Å². The van der Waals surface area contributed by atoms with E-state index in [0.717, 1.165) is 35.0 Å². The zero-order chi connectivity index (χ0) is 13.4. The lowest BCUT2D eigenvalue weighted by molar-refractivity contribution is 0.109. The van der Waals surface area contributed by atoms with Gasteiger partial charge in [0.15, 0.2) is 0 Å². The molecule has 0 fully saturated rings. The Kier molecular flexibility index (Phi) is 3.24. The van der Waals surface area contributed by atoms with Gasteiger partial charge in [0.25, 0.3) is 0 Å². The molecule has 0 aliphatic carbocycles. The summed E-state index contributed by atoms with van der Waals surface area (Å²) in [4.78, 5) is 13.0. The highest BCUT2D eigenvalue weighted by molar-refractivity contribution is 7.97. The van der Waals surface area contributed by atoms with Gasteiger partial charge in [-0.3, -0.25) is 4.79 Å². The van der Waals surface area contributed by atoms with Crippen molar-refractivity contribution in [3.8, 4) is 5.75 Å². The Bertz CT molecular complexity index is 649. The molecule has 1 aromatic carbocycles. The fraction of sp³-hybridized carbons (Fsp3) is 0.214. The van der Waals surface area contributed by atoms with Gasteiger partial charge in [-0.05, 0) is 36.8 Å². The predicted molar refractivity (Wildman–Crippen MR) is 81.3 cm³/mol. The number of carbonyl (C=O) groups is 1. The summed E-state index contributed by atoms with van der Waals surface area (Å²) in [5, 5.41) is 3.15. The van der Waals surface area contributed by atoms with Crippen LogP contribution in [0.15, 0.2) is 24.3 Å². The number of aryl methyl sites for hydroxylation is 1. The lowest BCUT2D eigenvalue weighted by Gasteiger charge is -2.07. The second-order valence-electron chi connectivity index (χ2n) is 4.43. The number of rotatable bonds is 3. The summed E-state index contributed by atoms with van der Waals surface area (Å²) in [7, 11) is 0. The topological polar surface area (TPSA) is 38.3 Å². The van der Waals surface area contributed by atoms with Crippen LogP contribution in [0.4, 0.5) is 11.4 Å². The summed E-state index contributed by atoms with van der Waals surface area (Å²) in [5.74, 6) is 0.971. The number of nitrogens with one attached hydrogen (secondary N) is 1. The van der Waals surface area contributed by atoms with Crippen molar-refractivity contribution < 1.29 is 9.53 Å². The maximum atomic E-state index is 11.2. The Morgan fingerprint density at radius 1 is 1.42 bits per heavy atom. The summed E-state index contributed by atoms with van der Waals surface area (Å²) < 4.78 is 5.48. The van der Waals surface area contributed by atoms with Crippen molar-refractivity contribution in [3.05, 3.63) is 39.6 Å². The van der Waals surface area contributed by atoms with Gasteiger partial charge >= 0.3 is 0 Å². The first-order valence-corrected chi connectivity index (χ1v) is 7.26. The number of ether oxygens (including phenoxy) is 1. The van der Waals surface area contributed by atoms with E-state index in [1.54, 1.807) is 0 Å². The molecular weight excluding hydrogens is 278 g/mol. The first-order chi connectivity index (χ1) is 9.13. The summed E-state index contributed by atoms with van der Waals surface area (Å²) in [5.41, 5.74) is 3.20. The molecular formula is C14H13NO2S2. The normalized spacial score (nSPS) is 12.9. The number of thiophene rings is 1. The van der Waals surface area contributed by atoms with Gasteiger partial charge in [-0.1, -0.05) is 12.6 Å². The van der Waals surface area contributed by atoms with Crippen LogP contribution in [-0.2, 0) is 6.42 Å². The third-order valence-electron chi connectivity index (χ3n) is 3.10. The standard InChI is InChI=1S/C14H13NO2S2/c1-8-11(7-13(19-8)14(16)18)15-10-2-3-12-9(6-10)4-5-17-12/h2-3,6-7,15H,4-5H2,1H3,(H,16,18). The van der Waals surface area contributed by atoms with Crippen molar-refractivity contribution in [3.63, 3.8) is 0 Å². The minimum absolute atomic E-state index is 0.191. The SMILES string of the molecule is Cc1sc(C(=O)S)cc1Nc1ccc2c(c1)CCO2. The average Bonchev–Trinajstić information content (AvgIpc) is 2.96. The Morgan fingerprint density at radius 2 is 2.26 bits per heavy atom. The molecule has 2 heterocycles. The summed E-state index contributed by atoms with van der Waals surface area (Å²) in [6.45, 7) is 2.75. The molecule has 1 aliphatic rings. The number of hydrogen-bond acceptors (Lipinski definition) is 4. The van der Waals surface area contributed by atoms with Crippen LogP contribution in [0.2, 0.25) is 0 Å². The minimum Gasteiger partial charge on any atom is -0.493 e. The fourth-order valence-corrected chi connectivity index (χ4v) is 3.15. The number of benzene rings is 1. The Hall–Kier alpha value is -1.46. The third kappa shape index (κ3) is 2.48. The molecule has 1 N–H and O–H groups in total. The van der Waals surface area contributed by atoms with Crippen molar-refractivity contribution in [2.24, 2.45) is 0 Å². The van der Waals surface area contributed by atoms with Crippen LogP contribution in [0.1, 0.15) is 20.1 Å². The number of hydrogen-bond donors (Lipinski definition) is 2. The van der Waals surface area contributed by atoms with Crippen molar-refractivity contribution in [1.29, 1.82) is 0 Å². The smallest absolute Gasteiger partial charge is 0.226 e. The zero-order valence-corrected chi connectivity index (χ0v) is 12.1. The Labute approximate surface area is 121 Å². The summed E-state index contributed by atoms with van der Waals surface area (Å²) >= 11 is 5.31. The van der Waals surface area contributed by atoms with Crippen LogP contribution < -0.4 is 10.1 Å². The molecule has 0 atom stereocenters. The first kappa shape index (κ1) is 12.6. The molecule has 1 aromatic heterocycles. The van der Waals surface area contributed by atoms with Crippen LogP contribution in [0.25, 0.3) is 0 Å². The molecule has 0 saturated carbocycles. The van der Waals surface area contributed by atoms with E-state index in [4.69, 9.17) is 4.74 Å². The van der Waals surface area contributed by atoms with Gasteiger partial charge in [0.05, 0.1) is 17.2 Å². The van der Waals surface area contributed by atoms with Gasteiger partial charge in [-0.2, -0.15) is 0 Å². The van der Waals surface area contributed by atoms with E-state index in [1.165, 1.54) is 16.9 Å². The second-order valence-corrected chi connectivity index (χ2v) is 6.09. The van der Waals surface area contributed by atoms with E-state index in [9.17, 15) is 4.79 Å². The molecule has 5 heteroatoms. The predicted octanol–water partition coefficient (Wildman–Crippen LogP) is 3.81. The molecule has 0 bridgehead atoms. The minimum atomic E-state index is -0.191.